The van der Waals surface area contributed by atoms with Gasteiger partial charge in [-0.25, -0.2) is 9.18 Å². The molecule has 2 heterocycles. The predicted octanol–water partition coefficient (Wildman–Crippen LogP) is 2.85. The summed E-state index contributed by atoms with van der Waals surface area (Å²) in [5.41, 5.74) is -2.31. The van der Waals surface area contributed by atoms with Crippen molar-refractivity contribution in [2.45, 2.75) is 76.7 Å². The normalized spacial score (nSPS) is 38.5. The Balaban J connectivity index is 2.34. The zero-order valence-corrected chi connectivity index (χ0v) is 12.2. The van der Waals surface area contributed by atoms with E-state index in [2.05, 4.69) is 0 Å². The van der Waals surface area contributed by atoms with E-state index >= 15 is 0 Å². The molecular weight excluding hydrogens is 249 g/mol. The maximum absolute atomic E-state index is 14.3. The van der Waals surface area contributed by atoms with Crippen molar-refractivity contribution in [1.82, 2.24) is 4.90 Å². The lowest BCUT2D eigenvalue weighted by Crippen LogP contribution is -2.65. The molecule has 0 aromatic rings. The fourth-order valence-corrected chi connectivity index (χ4v) is 3.32. The Kier molecular flexibility index (Phi) is 2.96. The second-order valence-corrected chi connectivity index (χ2v) is 7.18. The molecule has 108 valence electrons. The van der Waals surface area contributed by atoms with Crippen LogP contribution in [0.2, 0.25) is 0 Å². The van der Waals surface area contributed by atoms with Gasteiger partial charge in [-0.2, -0.15) is 0 Å². The largest absolute Gasteiger partial charge is 0.444 e. The highest BCUT2D eigenvalue weighted by Crippen LogP contribution is 2.50. The van der Waals surface area contributed by atoms with Crippen LogP contribution < -0.4 is 0 Å². The number of ether oxygens (including phenoxy) is 1. The van der Waals surface area contributed by atoms with E-state index < -0.39 is 34.7 Å². The first kappa shape index (κ1) is 14.3. The van der Waals surface area contributed by atoms with Crippen LogP contribution in [0.5, 0.6) is 0 Å². The number of fused-ring (bicyclic) bond motifs is 2. The van der Waals surface area contributed by atoms with Gasteiger partial charge in [0.25, 0.3) is 0 Å². The highest BCUT2D eigenvalue weighted by atomic mass is 19.1. The molecule has 0 saturated carbocycles. The van der Waals surface area contributed by atoms with E-state index in [0.29, 0.717) is 12.8 Å². The van der Waals surface area contributed by atoms with Crippen molar-refractivity contribution >= 4 is 11.9 Å². The zero-order chi connectivity index (χ0) is 14.6. The van der Waals surface area contributed by atoms with Crippen LogP contribution in [0.15, 0.2) is 0 Å². The summed E-state index contributed by atoms with van der Waals surface area (Å²) >= 11 is 0. The van der Waals surface area contributed by atoms with Crippen LogP contribution in [0.25, 0.3) is 0 Å². The number of ketones is 1. The van der Waals surface area contributed by atoms with Crippen molar-refractivity contribution in [3.05, 3.63) is 0 Å². The van der Waals surface area contributed by atoms with Crippen LogP contribution in [0.4, 0.5) is 9.18 Å². The van der Waals surface area contributed by atoms with Gasteiger partial charge in [0.2, 0.25) is 0 Å². The van der Waals surface area contributed by atoms with Crippen molar-refractivity contribution in [3.8, 4) is 0 Å². The van der Waals surface area contributed by atoms with Gasteiger partial charge in [0, 0.05) is 6.42 Å². The number of alkyl halides is 1. The third kappa shape index (κ3) is 2.13. The lowest BCUT2D eigenvalue weighted by molar-refractivity contribution is -0.139. The molecule has 0 aromatic carbocycles. The van der Waals surface area contributed by atoms with E-state index in [-0.39, 0.29) is 6.42 Å². The van der Waals surface area contributed by atoms with Crippen molar-refractivity contribution in [3.63, 3.8) is 0 Å². The maximum atomic E-state index is 14.3. The molecule has 1 amide bonds. The SMILES string of the molecule is CC(C)(C)OC(=O)N1C2(C)CCC1(C)[C@H](F)C(=O)C2. The van der Waals surface area contributed by atoms with Crippen molar-refractivity contribution in [2.75, 3.05) is 0 Å². The number of amides is 1. The van der Waals surface area contributed by atoms with Crippen LogP contribution in [-0.4, -0.2) is 39.6 Å². The molecule has 0 aromatic heterocycles. The van der Waals surface area contributed by atoms with Crippen molar-refractivity contribution in [2.24, 2.45) is 0 Å². The molecule has 2 fully saturated rings. The van der Waals surface area contributed by atoms with Gasteiger partial charge in [0.15, 0.2) is 12.0 Å². The maximum Gasteiger partial charge on any atom is 0.411 e. The smallest absolute Gasteiger partial charge is 0.411 e. The molecule has 2 aliphatic rings. The van der Waals surface area contributed by atoms with Crippen LogP contribution in [0.3, 0.4) is 0 Å². The first-order valence-electron chi connectivity index (χ1n) is 6.70. The van der Waals surface area contributed by atoms with E-state index in [0.717, 1.165) is 0 Å². The summed E-state index contributed by atoms with van der Waals surface area (Å²) in [4.78, 5) is 25.6. The molecule has 0 radical (unpaired) electrons. The van der Waals surface area contributed by atoms with Gasteiger partial charge in [0.05, 0.1) is 11.1 Å². The van der Waals surface area contributed by atoms with Gasteiger partial charge in [-0.3, -0.25) is 9.69 Å². The number of piperidine rings is 1. The molecule has 5 heteroatoms. The fraction of sp³-hybridized carbons (Fsp3) is 0.857. The number of halogens is 1. The second-order valence-electron chi connectivity index (χ2n) is 7.18. The Bertz CT molecular complexity index is 431. The predicted molar refractivity (Wildman–Crippen MR) is 68.6 cm³/mol. The van der Waals surface area contributed by atoms with Crippen LogP contribution in [0, 0.1) is 0 Å². The minimum Gasteiger partial charge on any atom is -0.444 e. The molecule has 2 rings (SSSR count). The van der Waals surface area contributed by atoms with E-state index in [1.807, 2.05) is 6.92 Å². The van der Waals surface area contributed by atoms with Gasteiger partial charge >= 0.3 is 6.09 Å². The average Bonchev–Trinajstić information content (AvgIpc) is 2.43. The summed E-state index contributed by atoms with van der Waals surface area (Å²) in [7, 11) is 0. The summed E-state index contributed by atoms with van der Waals surface area (Å²) in [6, 6.07) is 0. The Labute approximate surface area is 113 Å². The van der Waals surface area contributed by atoms with E-state index in [1.165, 1.54) is 4.90 Å². The van der Waals surface area contributed by atoms with Crippen molar-refractivity contribution < 1.29 is 18.7 Å². The summed E-state index contributed by atoms with van der Waals surface area (Å²) in [6.45, 7) is 8.81. The average molecular weight is 271 g/mol. The fourth-order valence-electron chi connectivity index (χ4n) is 3.32. The molecule has 2 aliphatic heterocycles. The van der Waals surface area contributed by atoms with Gasteiger partial charge in [-0.1, -0.05) is 0 Å². The Hall–Kier alpha value is -1.13. The Morgan fingerprint density at radius 3 is 2.47 bits per heavy atom. The van der Waals surface area contributed by atoms with Gasteiger partial charge in [0.1, 0.15) is 5.60 Å². The Morgan fingerprint density at radius 2 is 1.95 bits per heavy atom. The standard InChI is InChI=1S/C14H22FNO3/c1-12(2,3)19-11(18)16-13(4)6-7-14(16,5)10(15)9(17)8-13/h10H,6-8H2,1-5H3/t10-,13?,14?/m1/s1. The minimum absolute atomic E-state index is 0.0724. The molecule has 2 saturated heterocycles. The lowest BCUT2D eigenvalue weighted by atomic mass is 9.83. The van der Waals surface area contributed by atoms with E-state index in [9.17, 15) is 14.0 Å². The minimum atomic E-state index is -1.62. The lowest BCUT2D eigenvalue weighted by Gasteiger charge is -2.48. The molecular formula is C14H22FNO3. The van der Waals surface area contributed by atoms with Crippen LogP contribution in [-0.2, 0) is 9.53 Å². The first-order chi connectivity index (χ1) is 8.50. The quantitative estimate of drug-likeness (QED) is 0.680. The van der Waals surface area contributed by atoms with Crippen LogP contribution in [0.1, 0.15) is 53.9 Å². The molecule has 3 atom stereocenters. The third-order valence-electron chi connectivity index (χ3n) is 4.18. The van der Waals surface area contributed by atoms with Gasteiger partial charge in [-0.05, 0) is 47.5 Å². The molecule has 2 unspecified atom stereocenters. The summed E-state index contributed by atoms with van der Waals surface area (Å²) in [5.74, 6) is -0.401. The zero-order valence-electron chi connectivity index (χ0n) is 12.2. The number of hydrogen-bond donors (Lipinski definition) is 0. The van der Waals surface area contributed by atoms with Gasteiger partial charge in [-0.15, -0.1) is 0 Å². The number of hydrogen-bond acceptors (Lipinski definition) is 3. The summed E-state index contributed by atoms with van der Waals surface area (Å²) in [6.07, 6.45) is -0.936. The highest BCUT2D eigenvalue weighted by Gasteiger charge is 2.63. The second kappa shape index (κ2) is 3.93. The monoisotopic (exact) mass is 271 g/mol. The molecule has 0 spiro atoms. The molecule has 4 nitrogen and oxygen atoms in total. The Morgan fingerprint density at radius 1 is 1.37 bits per heavy atom. The van der Waals surface area contributed by atoms with Gasteiger partial charge < -0.3 is 4.74 Å². The molecule has 2 bridgehead atoms. The summed E-state index contributed by atoms with van der Waals surface area (Å²) in [5, 5.41) is 0. The van der Waals surface area contributed by atoms with Crippen molar-refractivity contribution in [1.29, 1.82) is 0 Å². The number of nitrogens with zero attached hydrogens (tertiary/aromatic N) is 1. The highest BCUT2D eigenvalue weighted by molar-refractivity contribution is 5.89. The van der Waals surface area contributed by atoms with E-state index in [4.69, 9.17) is 4.74 Å². The number of carbonyl (C=O) groups is 2. The molecule has 0 aliphatic carbocycles. The molecule has 0 N–H and O–H groups in total. The summed E-state index contributed by atoms with van der Waals surface area (Å²) < 4.78 is 19.6. The number of rotatable bonds is 0. The molecule has 19 heavy (non-hydrogen) atoms. The number of carbonyl (C=O) groups excluding carboxylic acids is 2. The third-order valence-corrected chi connectivity index (χ3v) is 4.18. The number of Topliss-reactive ketones (excluding diaryl/α,β-unsaturated/α-hetero) is 1. The topological polar surface area (TPSA) is 46.6 Å². The van der Waals surface area contributed by atoms with Crippen LogP contribution >= 0.6 is 0 Å². The van der Waals surface area contributed by atoms with E-state index in [1.54, 1.807) is 27.7 Å². The first-order valence-corrected chi connectivity index (χ1v) is 6.70.